The Labute approximate surface area is 112 Å². The highest BCUT2D eigenvalue weighted by Gasteiger charge is 2.34. The molecule has 2 rings (SSSR count). The molecule has 1 amide bonds. The number of halogens is 2. The molecule has 1 aromatic rings. The molecule has 1 N–H and O–H groups in total. The Kier molecular flexibility index (Phi) is 3.91. The van der Waals surface area contributed by atoms with Crippen LogP contribution in [0.15, 0.2) is 18.2 Å². The van der Waals surface area contributed by atoms with Crippen LogP contribution in [0.3, 0.4) is 0 Å². The maximum absolute atomic E-state index is 13.3. The van der Waals surface area contributed by atoms with Gasteiger partial charge in [-0.1, -0.05) is 12.8 Å². The van der Waals surface area contributed by atoms with Gasteiger partial charge >= 0.3 is 0 Å². The molecule has 0 aliphatic heterocycles. The van der Waals surface area contributed by atoms with Gasteiger partial charge in [-0.05, 0) is 43.5 Å². The monoisotopic (exact) mass is 269 g/mol. The molecule has 0 spiro atoms. The van der Waals surface area contributed by atoms with Gasteiger partial charge in [-0.25, -0.2) is 4.39 Å². The second-order valence-electron chi connectivity index (χ2n) is 5.09. The highest BCUT2D eigenvalue weighted by atomic mass is 35.5. The maximum Gasteiger partial charge on any atom is 0.251 e. The third-order valence-corrected chi connectivity index (χ3v) is 4.01. The van der Waals surface area contributed by atoms with Crippen LogP contribution in [-0.2, 0) is 0 Å². The van der Waals surface area contributed by atoms with Gasteiger partial charge in [-0.15, -0.1) is 11.6 Å². The summed E-state index contributed by atoms with van der Waals surface area (Å²) in [6.45, 7) is 1.77. The zero-order valence-corrected chi connectivity index (χ0v) is 11.2. The van der Waals surface area contributed by atoms with E-state index in [0.717, 1.165) is 31.2 Å². The van der Waals surface area contributed by atoms with Crippen LogP contribution >= 0.6 is 11.6 Å². The summed E-state index contributed by atoms with van der Waals surface area (Å²) in [6, 6.07) is 4.36. The van der Waals surface area contributed by atoms with E-state index < -0.39 is 0 Å². The fourth-order valence-electron chi connectivity index (χ4n) is 2.52. The number of rotatable bonds is 3. The molecule has 1 aliphatic carbocycles. The van der Waals surface area contributed by atoms with Crippen LogP contribution in [0.25, 0.3) is 0 Å². The Morgan fingerprint density at radius 2 is 2.06 bits per heavy atom. The Morgan fingerprint density at radius 3 is 2.61 bits per heavy atom. The van der Waals surface area contributed by atoms with Crippen molar-refractivity contribution in [1.82, 2.24) is 5.32 Å². The van der Waals surface area contributed by atoms with E-state index >= 15 is 0 Å². The molecule has 1 aromatic carbocycles. The topological polar surface area (TPSA) is 29.1 Å². The predicted molar refractivity (Wildman–Crippen MR) is 70.5 cm³/mol. The molecule has 1 fully saturated rings. The van der Waals surface area contributed by atoms with Crippen LogP contribution in [0.2, 0.25) is 0 Å². The average molecular weight is 270 g/mol. The first-order valence-electron chi connectivity index (χ1n) is 6.20. The summed E-state index contributed by atoms with van der Waals surface area (Å²) in [5, 5.41) is 2.98. The van der Waals surface area contributed by atoms with E-state index in [1.807, 2.05) is 0 Å². The van der Waals surface area contributed by atoms with Crippen LogP contribution in [0.1, 0.15) is 41.6 Å². The molecule has 0 radical (unpaired) electrons. The highest BCUT2D eigenvalue weighted by Crippen LogP contribution is 2.31. The first kappa shape index (κ1) is 13.3. The van der Waals surface area contributed by atoms with E-state index in [0.29, 0.717) is 11.4 Å². The standard InChI is InChI=1S/C14H17ClFNO/c1-10-6-11(8-12(16)7-10)13(18)17-14(9-15)4-2-3-5-14/h6-8H,2-5,9H2,1H3,(H,17,18). The van der Waals surface area contributed by atoms with Crippen molar-refractivity contribution in [3.8, 4) is 0 Å². The number of carbonyl (C=O) groups is 1. The van der Waals surface area contributed by atoms with Crippen molar-refractivity contribution in [3.63, 3.8) is 0 Å². The SMILES string of the molecule is Cc1cc(F)cc(C(=O)NC2(CCl)CCCC2)c1. The van der Waals surface area contributed by atoms with Gasteiger partial charge in [-0.3, -0.25) is 4.79 Å². The molecule has 4 heteroatoms. The number of hydrogen-bond donors (Lipinski definition) is 1. The summed E-state index contributed by atoms with van der Waals surface area (Å²) in [6.07, 6.45) is 3.96. The van der Waals surface area contributed by atoms with Crippen LogP contribution in [0, 0.1) is 12.7 Å². The van der Waals surface area contributed by atoms with Crippen molar-refractivity contribution in [2.45, 2.75) is 38.1 Å². The second-order valence-corrected chi connectivity index (χ2v) is 5.36. The third kappa shape index (κ3) is 2.83. The lowest BCUT2D eigenvalue weighted by Crippen LogP contribution is -2.47. The molecule has 0 unspecified atom stereocenters. The summed E-state index contributed by atoms with van der Waals surface area (Å²) >= 11 is 5.97. The highest BCUT2D eigenvalue weighted by molar-refractivity contribution is 6.19. The largest absolute Gasteiger partial charge is 0.345 e. The smallest absolute Gasteiger partial charge is 0.251 e. The summed E-state index contributed by atoms with van der Waals surface area (Å²) in [4.78, 5) is 12.1. The number of aryl methyl sites for hydroxylation is 1. The average Bonchev–Trinajstić information content (AvgIpc) is 2.77. The van der Waals surface area contributed by atoms with Gasteiger partial charge in [0, 0.05) is 11.4 Å². The molecule has 18 heavy (non-hydrogen) atoms. The van der Waals surface area contributed by atoms with Crippen molar-refractivity contribution in [1.29, 1.82) is 0 Å². The number of benzene rings is 1. The lowest BCUT2D eigenvalue weighted by atomic mass is 9.99. The molecule has 0 aromatic heterocycles. The van der Waals surface area contributed by atoms with Crippen molar-refractivity contribution < 1.29 is 9.18 Å². The molecule has 98 valence electrons. The minimum absolute atomic E-state index is 0.236. The first-order chi connectivity index (χ1) is 8.54. The fraction of sp³-hybridized carbons (Fsp3) is 0.500. The summed E-state index contributed by atoms with van der Waals surface area (Å²) in [5.41, 5.74) is 0.800. The van der Waals surface area contributed by atoms with Gasteiger partial charge in [0.25, 0.3) is 5.91 Å². The minimum atomic E-state index is -0.383. The molecular weight excluding hydrogens is 253 g/mol. The lowest BCUT2D eigenvalue weighted by molar-refractivity contribution is 0.0909. The minimum Gasteiger partial charge on any atom is -0.345 e. The van der Waals surface area contributed by atoms with Gasteiger partial charge < -0.3 is 5.32 Å². The first-order valence-corrected chi connectivity index (χ1v) is 6.74. The number of alkyl halides is 1. The molecule has 0 atom stereocenters. The fourth-order valence-corrected chi connectivity index (χ4v) is 2.86. The Morgan fingerprint density at radius 1 is 1.39 bits per heavy atom. The second kappa shape index (κ2) is 5.27. The van der Waals surface area contributed by atoms with Crippen LogP contribution in [0.5, 0.6) is 0 Å². The predicted octanol–water partition coefficient (Wildman–Crippen LogP) is 3.42. The summed E-state index contributed by atoms with van der Waals surface area (Å²) in [5.74, 6) is -0.209. The van der Waals surface area contributed by atoms with E-state index in [2.05, 4.69) is 5.32 Å². The molecule has 1 aliphatic rings. The van der Waals surface area contributed by atoms with Crippen molar-refractivity contribution in [3.05, 3.63) is 35.1 Å². The number of amides is 1. The van der Waals surface area contributed by atoms with Gasteiger partial charge in [-0.2, -0.15) is 0 Å². The molecule has 2 nitrogen and oxygen atoms in total. The van der Waals surface area contributed by atoms with E-state index in [1.54, 1.807) is 13.0 Å². The number of hydrogen-bond acceptors (Lipinski definition) is 1. The van der Waals surface area contributed by atoms with E-state index in [9.17, 15) is 9.18 Å². The van der Waals surface area contributed by atoms with Crippen molar-refractivity contribution in [2.75, 3.05) is 5.88 Å². The molecule has 0 heterocycles. The van der Waals surface area contributed by atoms with Crippen molar-refractivity contribution in [2.24, 2.45) is 0 Å². The van der Waals surface area contributed by atoms with Crippen LogP contribution in [0.4, 0.5) is 4.39 Å². The van der Waals surface area contributed by atoms with E-state index in [-0.39, 0.29) is 17.3 Å². The quantitative estimate of drug-likeness (QED) is 0.837. The van der Waals surface area contributed by atoms with Gasteiger partial charge in [0.15, 0.2) is 0 Å². The normalized spacial score (nSPS) is 17.7. The van der Waals surface area contributed by atoms with Crippen LogP contribution in [-0.4, -0.2) is 17.3 Å². The summed E-state index contributed by atoms with van der Waals surface area (Å²) in [7, 11) is 0. The van der Waals surface area contributed by atoms with Crippen LogP contribution < -0.4 is 5.32 Å². The van der Waals surface area contributed by atoms with Gasteiger partial charge in [0.1, 0.15) is 5.82 Å². The van der Waals surface area contributed by atoms with Gasteiger partial charge in [0.2, 0.25) is 0 Å². The lowest BCUT2D eigenvalue weighted by Gasteiger charge is -2.27. The molecular formula is C14H17ClFNO. The number of nitrogens with one attached hydrogen (secondary N) is 1. The summed E-state index contributed by atoms with van der Waals surface area (Å²) < 4.78 is 13.3. The Bertz CT molecular complexity index is 435. The zero-order valence-electron chi connectivity index (χ0n) is 10.4. The van der Waals surface area contributed by atoms with E-state index in [1.165, 1.54) is 12.1 Å². The molecule has 1 saturated carbocycles. The van der Waals surface area contributed by atoms with Gasteiger partial charge in [0.05, 0.1) is 5.54 Å². The Balaban J connectivity index is 2.16. The van der Waals surface area contributed by atoms with E-state index in [4.69, 9.17) is 11.6 Å². The molecule has 0 saturated heterocycles. The molecule has 0 bridgehead atoms. The zero-order chi connectivity index (χ0) is 13.2. The number of carbonyl (C=O) groups excluding carboxylic acids is 1. The van der Waals surface area contributed by atoms with Crippen molar-refractivity contribution >= 4 is 17.5 Å². The third-order valence-electron chi connectivity index (χ3n) is 3.50. The Hall–Kier alpha value is -1.09. The maximum atomic E-state index is 13.3.